The van der Waals surface area contributed by atoms with Gasteiger partial charge in [0.1, 0.15) is 0 Å². The van der Waals surface area contributed by atoms with Crippen LogP contribution < -0.4 is 10.6 Å². The van der Waals surface area contributed by atoms with Crippen molar-refractivity contribution in [3.63, 3.8) is 0 Å². The van der Waals surface area contributed by atoms with Crippen molar-refractivity contribution < 1.29 is 14.4 Å². The van der Waals surface area contributed by atoms with Gasteiger partial charge in [-0.15, -0.1) is 0 Å². The van der Waals surface area contributed by atoms with Gasteiger partial charge in [-0.2, -0.15) is 0 Å². The molecule has 0 unspecified atom stereocenters. The monoisotopic (exact) mass is 269 g/mol. The number of rotatable bonds is 2. The molecule has 6 nitrogen and oxygen atoms in total. The van der Waals surface area contributed by atoms with Crippen molar-refractivity contribution >= 4 is 39.9 Å². The molecule has 3 amide bonds. The summed E-state index contributed by atoms with van der Waals surface area (Å²) in [6.45, 7) is 1.42. The maximum absolute atomic E-state index is 11.7. The molecule has 0 bridgehead atoms. The third-order valence-corrected chi connectivity index (χ3v) is 3.05. The van der Waals surface area contributed by atoms with Gasteiger partial charge in [0.05, 0.1) is 5.57 Å². The first kappa shape index (κ1) is 12.2. The van der Waals surface area contributed by atoms with Crippen LogP contribution in [0.4, 0.5) is 5.69 Å². The summed E-state index contributed by atoms with van der Waals surface area (Å²) < 4.78 is 0. The molecular weight excluding hydrogens is 258 g/mol. The first-order chi connectivity index (χ1) is 9.54. The Balaban J connectivity index is 2.12. The molecule has 20 heavy (non-hydrogen) atoms. The Bertz CT molecular complexity index is 786. The van der Waals surface area contributed by atoms with Crippen molar-refractivity contribution in [2.45, 2.75) is 6.92 Å². The number of aromatic amines is 1. The first-order valence-electron chi connectivity index (χ1n) is 6.01. The highest BCUT2D eigenvalue weighted by Crippen LogP contribution is 2.29. The van der Waals surface area contributed by atoms with E-state index in [-0.39, 0.29) is 5.91 Å². The van der Waals surface area contributed by atoms with Gasteiger partial charge in [-0.25, -0.2) is 0 Å². The lowest BCUT2D eigenvalue weighted by atomic mass is 10.0. The second-order valence-corrected chi connectivity index (χ2v) is 4.52. The molecule has 3 N–H and O–H groups in total. The topological polar surface area (TPSA) is 91.1 Å². The van der Waals surface area contributed by atoms with Crippen LogP contribution in [0.15, 0.2) is 30.5 Å². The molecule has 2 aromatic rings. The molecule has 1 aliphatic rings. The summed E-state index contributed by atoms with van der Waals surface area (Å²) >= 11 is 0. The van der Waals surface area contributed by atoms with E-state index >= 15 is 0 Å². The molecule has 0 fully saturated rings. The fraction of sp³-hybridized carbons (Fsp3) is 0.0714. The smallest absolute Gasteiger partial charge is 0.258 e. The third-order valence-electron chi connectivity index (χ3n) is 3.05. The Kier molecular flexibility index (Phi) is 2.64. The summed E-state index contributed by atoms with van der Waals surface area (Å²) in [6.07, 6.45) is 2.95. The standard InChI is InChI=1S/C14H11N3O3/c1-7(18)16-8-2-3-12-9(4-8)11(6-15-12)10-5-13(19)17-14(10)20/h2-6,15H,1H3,(H,16,18)(H,17,19,20). The molecule has 0 radical (unpaired) electrons. The molecule has 100 valence electrons. The Labute approximate surface area is 113 Å². The average molecular weight is 269 g/mol. The Hall–Kier alpha value is -2.89. The van der Waals surface area contributed by atoms with Crippen LogP contribution in [-0.2, 0) is 14.4 Å². The highest BCUT2D eigenvalue weighted by molar-refractivity contribution is 6.35. The van der Waals surface area contributed by atoms with E-state index in [9.17, 15) is 14.4 Å². The summed E-state index contributed by atoms with van der Waals surface area (Å²) in [5, 5.41) is 5.67. The number of nitrogens with one attached hydrogen (secondary N) is 3. The predicted molar refractivity (Wildman–Crippen MR) is 73.7 cm³/mol. The van der Waals surface area contributed by atoms with Crippen molar-refractivity contribution in [3.05, 3.63) is 36.0 Å². The van der Waals surface area contributed by atoms with Crippen LogP contribution >= 0.6 is 0 Å². The second kappa shape index (κ2) is 4.34. The molecule has 3 rings (SSSR count). The van der Waals surface area contributed by atoms with Crippen molar-refractivity contribution in [3.8, 4) is 0 Å². The van der Waals surface area contributed by atoms with E-state index < -0.39 is 11.8 Å². The number of carbonyl (C=O) groups excluding carboxylic acids is 3. The van der Waals surface area contributed by atoms with Gasteiger partial charge in [0.15, 0.2) is 0 Å². The van der Waals surface area contributed by atoms with E-state index in [1.54, 1.807) is 24.4 Å². The molecule has 0 saturated carbocycles. The summed E-state index contributed by atoms with van der Waals surface area (Å²) in [7, 11) is 0. The van der Waals surface area contributed by atoms with Crippen LogP contribution in [0.3, 0.4) is 0 Å². The van der Waals surface area contributed by atoms with Crippen LogP contribution in [0.25, 0.3) is 16.5 Å². The number of hydrogen-bond acceptors (Lipinski definition) is 3. The zero-order valence-corrected chi connectivity index (χ0v) is 10.6. The van der Waals surface area contributed by atoms with E-state index in [0.717, 1.165) is 10.9 Å². The third kappa shape index (κ3) is 1.97. The Morgan fingerprint density at radius 1 is 1.25 bits per heavy atom. The molecule has 0 aliphatic carbocycles. The van der Waals surface area contributed by atoms with Crippen LogP contribution in [0.2, 0.25) is 0 Å². The highest BCUT2D eigenvalue weighted by Gasteiger charge is 2.24. The minimum Gasteiger partial charge on any atom is -0.361 e. The highest BCUT2D eigenvalue weighted by atomic mass is 16.2. The quantitative estimate of drug-likeness (QED) is 0.714. The normalized spacial score (nSPS) is 14.3. The largest absolute Gasteiger partial charge is 0.361 e. The molecule has 0 saturated heterocycles. The van der Waals surface area contributed by atoms with Crippen LogP contribution in [-0.4, -0.2) is 22.7 Å². The average Bonchev–Trinajstić information content (AvgIpc) is 2.91. The molecule has 6 heteroatoms. The number of imide groups is 1. The molecular formula is C14H11N3O3. The van der Waals surface area contributed by atoms with Crippen molar-refractivity contribution in [2.24, 2.45) is 0 Å². The molecule has 0 spiro atoms. The predicted octanol–water partition coefficient (Wildman–Crippen LogP) is 1.17. The van der Waals surface area contributed by atoms with Crippen LogP contribution in [0, 0.1) is 0 Å². The maximum Gasteiger partial charge on any atom is 0.258 e. The van der Waals surface area contributed by atoms with E-state index in [4.69, 9.17) is 0 Å². The van der Waals surface area contributed by atoms with Gasteiger partial charge in [0, 0.05) is 41.4 Å². The van der Waals surface area contributed by atoms with Gasteiger partial charge in [-0.1, -0.05) is 0 Å². The number of H-pyrrole nitrogens is 1. The lowest BCUT2D eigenvalue weighted by molar-refractivity contribution is -0.123. The SMILES string of the molecule is CC(=O)Nc1ccc2[nH]cc(C3=CC(=O)NC3=O)c2c1. The minimum atomic E-state index is -0.419. The number of aromatic nitrogens is 1. The number of amides is 3. The summed E-state index contributed by atoms with van der Waals surface area (Å²) in [4.78, 5) is 37.1. The second-order valence-electron chi connectivity index (χ2n) is 4.52. The summed E-state index contributed by atoms with van der Waals surface area (Å²) in [5.74, 6) is -1.01. The lowest BCUT2D eigenvalue weighted by Gasteiger charge is -2.03. The van der Waals surface area contributed by atoms with E-state index in [0.29, 0.717) is 16.8 Å². The van der Waals surface area contributed by atoms with E-state index in [1.807, 2.05) is 0 Å². The molecule has 1 aromatic carbocycles. The summed E-state index contributed by atoms with van der Waals surface area (Å²) in [5.41, 5.74) is 2.41. The zero-order chi connectivity index (χ0) is 14.3. The molecule has 1 aliphatic heterocycles. The van der Waals surface area contributed by atoms with E-state index in [1.165, 1.54) is 13.0 Å². The molecule has 2 heterocycles. The van der Waals surface area contributed by atoms with Gasteiger partial charge in [-0.05, 0) is 18.2 Å². The van der Waals surface area contributed by atoms with E-state index in [2.05, 4.69) is 15.6 Å². The van der Waals surface area contributed by atoms with Gasteiger partial charge in [0.25, 0.3) is 11.8 Å². The first-order valence-corrected chi connectivity index (χ1v) is 6.01. The number of hydrogen-bond donors (Lipinski definition) is 3. The molecule has 0 atom stereocenters. The Morgan fingerprint density at radius 3 is 2.70 bits per heavy atom. The molecule has 1 aromatic heterocycles. The van der Waals surface area contributed by atoms with Gasteiger partial charge in [0.2, 0.25) is 5.91 Å². The number of fused-ring (bicyclic) bond motifs is 1. The summed E-state index contributed by atoms with van der Waals surface area (Å²) in [6, 6.07) is 5.33. The maximum atomic E-state index is 11.7. The number of carbonyl (C=O) groups is 3. The number of anilines is 1. The van der Waals surface area contributed by atoms with Gasteiger partial charge >= 0.3 is 0 Å². The minimum absolute atomic E-state index is 0.172. The Morgan fingerprint density at radius 2 is 2.05 bits per heavy atom. The van der Waals surface area contributed by atoms with Gasteiger partial charge in [-0.3, -0.25) is 19.7 Å². The number of benzene rings is 1. The van der Waals surface area contributed by atoms with Crippen molar-refractivity contribution in [1.29, 1.82) is 0 Å². The fourth-order valence-corrected chi connectivity index (χ4v) is 2.24. The fourth-order valence-electron chi connectivity index (χ4n) is 2.24. The zero-order valence-electron chi connectivity index (χ0n) is 10.6. The van der Waals surface area contributed by atoms with Crippen molar-refractivity contribution in [1.82, 2.24) is 10.3 Å². The van der Waals surface area contributed by atoms with Crippen LogP contribution in [0.5, 0.6) is 0 Å². The van der Waals surface area contributed by atoms with Crippen molar-refractivity contribution in [2.75, 3.05) is 5.32 Å². The lowest BCUT2D eigenvalue weighted by Crippen LogP contribution is -2.21. The van der Waals surface area contributed by atoms with Gasteiger partial charge < -0.3 is 10.3 Å². The van der Waals surface area contributed by atoms with Crippen LogP contribution in [0.1, 0.15) is 12.5 Å².